The van der Waals surface area contributed by atoms with Crippen LogP contribution in [0.3, 0.4) is 0 Å². The molecule has 2 atom stereocenters. The minimum atomic E-state index is -1.94. The van der Waals surface area contributed by atoms with Gasteiger partial charge in [-0.15, -0.1) is 0 Å². The van der Waals surface area contributed by atoms with Crippen molar-refractivity contribution in [3.05, 3.63) is 40.3 Å². The molecule has 4 rings (SSSR count). The quantitative estimate of drug-likeness (QED) is 0.800. The molecule has 1 amide bonds. The van der Waals surface area contributed by atoms with Gasteiger partial charge in [-0.1, -0.05) is 11.6 Å². The number of nitrogens with zero attached hydrogens (tertiary/aromatic N) is 3. The molecule has 0 aliphatic heterocycles. The summed E-state index contributed by atoms with van der Waals surface area (Å²) < 4.78 is 28.0. The summed E-state index contributed by atoms with van der Waals surface area (Å²) in [5.74, 6) is 0.562. The molecule has 0 radical (unpaired) electrons. The largest absolute Gasteiger partial charge is 0.394 e. The van der Waals surface area contributed by atoms with Gasteiger partial charge in [0.1, 0.15) is 18.9 Å². The molecule has 0 spiro atoms. The first-order valence-electron chi connectivity index (χ1n) is 8.31. The first kappa shape index (κ1) is 17.4. The van der Waals surface area contributed by atoms with Gasteiger partial charge in [-0.2, -0.15) is 5.10 Å². The molecule has 0 saturated heterocycles. The molecule has 9 heteroatoms. The van der Waals surface area contributed by atoms with Crippen LogP contribution in [0.25, 0.3) is 5.82 Å². The van der Waals surface area contributed by atoms with Gasteiger partial charge in [-0.05, 0) is 24.8 Å². The number of aliphatic hydroxyl groups excluding tert-OH is 1. The van der Waals surface area contributed by atoms with Gasteiger partial charge in [0.05, 0.1) is 12.3 Å². The Bertz CT molecular complexity index is 860. The van der Waals surface area contributed by atoms with Gasteiger partial charge in [0.15, 0.2) is 11.5 Å². The van der Waals surface area contributed by atoms with Crippen molar-refractivity contribution in [3.8, 4) is 5.82 Å². The van der Waals surface area contributed by atoms with E-state index in [9.17, 15) is 18.7 Å². The minimum Gasteiger partial charge on any atom is -0.394 e. The van der Waals surface area contributed by atoms with Crippen LogP contribution in [0.15, 0.2) is 18.3 Å². The Kier molecular flexibility index (Phi) is 4.19. The van der Waals surface area contributed by atoms with Crippen molar-refractivity contribution in [1.29, 1.82) is 0 Å². The second-order valence-corrected chi connectivity index (χ2v) is 7.36. The predicted octanol–water partition coefficient (Wildman–Crippen LogP) is 1.98. The number of carbonyl (C=O) groups excluding carboxylic acids is 1. The lowest BCUT2D eigenvalue weighted by molar-refractivity contribution is 0.0707. The number of pyridine rings is 1. The number of aliphatic hydroxyl groups is 1. The number of aromatic nitrogens is 3. The van der Waals surface area contributed by atoms with Crippen LogP contribution in [-0.4, -0.2) is 51.3 Å². The number of fused-ring (bicyclic) bond motifs is 3. The van der Waals surface area contributed by atoms with E-state index in [1.807, 2.05) is 0 Å². The van der Waals surface area contributed by atoms with Crippen LogP contribution in [0, 0.1) is 5.92 Å². The molecule has 6 nitrogen and oxygen atoms in total. The molecule has 26 heavy (non-hydrogen) atoms. The normalized spacial score (nSPS) is 20.6. The number of hydrogen-bond donors (Lipinski definition) is 2. The fraction of sp³-hybridized carbons (Fsp3) is 0.471. The van der Waals surface area contributed by atoms with Gasteiger partial charge in [0.2, 0.25) is 0 Å². The summed E-state index contributed by atoms with van der Waals surface area (Å²) in [6.45, 7) is -3.26. The van der Waals surface area contributed by atoms with Gasteiger partial charge in [-0.3, -0.25) is 4.79 Å². The fourth-order valence-corrected chi connectivity index (χ4v) is 3.66. The lowest BCUT2D eigenvalue weighted by atomic mass is 10.0. The average Bonchev–Trinajstić information content (AvgIpc) is 3.15. The standard InChI is InChI=1S/C17H17ClF2N4O2/c18-10-1-2-21-13(5-10)24-15-11-3-9(11)4-12(15)14(23-24)16(26)22-17(6-19,7-20)8-25/h1-2,5,9,11,25H,3-4,6-8H2,(H,22,26). The number of carbonyl (C=O) groups is 1. The Balaban J connectivity index is 1.73. The highest BCUT2D eigenvalue weighted by Gasteiger charge is 2.50. The third kappa shape index (κ3) is 2.68. The lowest BCUT2D eigenvalue weighted by Gasteiger charge is -2.26. The second-order valence-electron chi connectivity index (χ2n) is 6.92. The Hall–Kier alpha value is -2.06. The van der Waals surface area contributed by atoms with E-state index in [2.05, 4.69) is 15.4 Å². The summed E-state index contributed by atoms with van der Waals surface area (Å²) in [7, 11) is 0. The zero-order chi connectivity index (χ0) is 18.5. The lowest BCUT2D eigenvalue weighted by Crippen LogP contribution is -2.55. The smallest absolute Gasteiger partial charge is 0.272 e. The van der Waals surface area contributed by atoms with Gasteiger partial charge >= 0.3 is 0 Å². The van der Waals surface area contributed by atoms with Crippen molar-refractivity contribution in [1.82, 2.24) is 20.1 Å². The van der Waals surface area contributed by atoms with E-state index < -0.39 is 31.4 Å². The average molecular weight is 383 g/mol. The molecule has 2 heterocycles. The first-order valence-corrected chi connectivity index (χ1v) is 8.68. The Labute approximate surface area is 153 Å². The highest BCUT2D eigenvalue weighted by Crippen LogP contribution is 2.57. The number of nitrogens with one attached hydrogen (secondary N) is 1. The molecule has 1 fully saturated rings. The predicted molar refractivity (Wildman–Crippen MR) is 90.2 cm³/mol. The molecule has 2 unspecified atom stereocenters. The van der Waals surface area contributed by atoms with E-state index >= 15 is 0 Å². The van der Waals surface area contributed by atoms with Crippen LogP contribution < -0.4 is 5.32 Å². The van der Waals surface area contributed by atoms with E-state index in [-0.39, 0.29) is 5.69 Å². The highest BCUT2D eigenvalue weighted by molar-refractivity contribution is 6.30. The molecule has 2 aliphatic rings. The van der Waals surface area contributed by atoms with E-state index in [1.165, 1.54) is 0 Å². The van der Waals surface area contributed by atoms with Crippen molar-refractivity contribution in [2.45, 2.75) is 24.3 Å². The summed E-state index contributed by atoms with van der Waals surface area (Å²) in [5, 5.41) is 16.4. The van der Waals surface area contributed by atoms with Gasteiger partial charge in [0, 0.05) is 28.8 Å². The van der Waals surface area contributed by atoms with Crippen molar-refractivity contribution in [3.63, 3.8) is 0 Å². The van der Waals surface area contributed by atoms with Crippen molar-refractivity contribution in [2.75, 3.05) is 20.0 Å². The minimum absolute atomic E-state index is 0.119. The monoisotopic (exact) mass is 382 g/mol. The molecular weight excluding hydrogens is 366 g/mol. The van der Waals surface area contributed by atoms with Crippen LogP contribution in [-0.2, 0) is 6.42 Å². The van der Waals surface area contributed by atoms with Crippen LogP contribution >= 0.6 is 11.6 Å². The number of rotatable bonds is 6. The highest BCUT2D eigenvalue weighted by atomic mass is 35.5. The number of alkyl halides is 2. The number of hydrogen-bond acceptors (Lipinski definition) is 4. The first-order chi connectivity index (χ1) is 12.5. The third-order valence-corrected chi connectivity index (χ3v) is 5.33. The van der Waals surface area contributed by atoms with Crippen LogP contribution in [0.4, 0.5) is 8.78 Å². The third-order valence-electron chi connectivity index (χ3n) is 5.10. The molecule has 2 aromatic heterocycles. The van der Waals surface area contributed by atoms with E-state index in [1.54, 1.807) is 23.0 Å². The topological polar surface area (TPSA) is 80.0 Å². The maximum Gasteiger partial charge on any atom is 0.272 e. The number of halogens is 3. The summed E-state index contributed by atoms with van der Waals surface area (Å²) in [4.78, 5) is 16.9. The van der Waals surface area contributed by atoms with E-state index in [0.29, 0.717) is 29.1 Å². The Morgan fingerprint density at radius 3 is 2.88 bits per heavy atom. The Morgan fingerprint density at radius 1 is 1.46 bits per heavy atom. The molecular formula is C17H17ClF2N4O2. The van der Waals surface area contributed by atoms with Crippen LogP contribution in [0.1, 0.15) is 34.1 Å². The molecule has 0 bridgehead atoms. The Morgan fingerprint density at radius 2 is 2.23 bits per heavy atom. The molecule has 0 aromatic carbocycles. The molecule has 2 aromatic rings. The molecule has 1 saturated carbocycles. The van der Waals surface area contributed by atoms with Crippen molar-refractivity contribution < 1.29 is 18.7 Å². The zero-order valence-corrected chi connectivity index (χ0v) is 14.5. The summed E-state index contributed by atoms with van der Waals surface area (Å²) in [6, 6.07) is 3.29. The molecule has 2 aliphatic carbocycles. The van der Waals surface area contributed by atoms with E-state index in [4.69, 9.17) is 11.6 Å². The molecule has 138 valence electrons. The maximum atomic E-state index is 13.2. The van der Waals surface area contributed by atoms with Crippen molar-refractivity contribution >= 4 is 17.5 Å². The van der Waals surface area contributed by atoms with Crippen LogP contribution in [0.5, 0.6) is 0 Å². The second kappa shape index (κ2) is 6.28. The zero-order valence-electron chi connectivity index (χ0n) is 13.8. The van der Waals surface area contributed by atoms with Gasteiger partial charge in [-0.25, -0.2) is 18.4 Å². The number of amides is 1. The SMILES string of the molecule is O=C(NC(CO)(CF)CF)c1nn(-c2cc(Cl)ccn2)c2c1CC1CC21. The van der Waals surface area contributed by atoms with Crippen molar-refractivity contribution in [2.24, 2.45) is 5.92 Å². The maximum absolute atomic E-state index is 13.2. The van der Waals surface area contributed by atoms with Crippen LogP contribution in [0.2, 0.25) is 5.02 Å². The van der Waals surface area contributed by atoms with Gasteiger partial charge in [0.25, 0.3) is 5.91 Å². The summed E-state index contributed by atoms with van der Waals surface area (Å²) in [6.07, 6.45) is 3.27. The van der Waals surface area contributed by atoms with E-state index in [0.717, 1.165) is 17.7 Å². The summed E-state index contributed by atoms with van der Waals surface area (Å²) in [5.41, 5.74) is -0.141. The fourth-order valence-electron chi connectivity index (χ4n) is 3.51. The van der Waals surface area contributed by atoms with Gasteiger partial charge < -0.3 is 10.4 Å². The molecule has 2 N–H and O–H groups in total. The summed E-state index contributed by atoms with van der Waals surface area (Å²) >= 11 is 6.03.